The van der Waals surface area contributed by atoms with E-state index in [-0.39, 0.29) is 11.1 Å². The van der Waals surface area contributed by atoms with E-state index in [2.05, 4.69) is 49.6 Å². The Balaban J connectivity index is 2.30. The zero-order valence-corrected chi connectivity index (χ0v) is 12.4. The molecular formula is C17H22N2O. The summed E-state index contributed by atoms with van der Waals surface area (Å²) in [6.07, 6.45) is 6.35. The van der Waals surface area contributed by atoms with Crippen molar-refractivity contribution in [3.8, 4) is 0 Å². The van der Waals surface area contributed by atoms with Crippen molar-refractivity contribution in [2.24, 2.45) is 11.8 Å². The molecule has 2 aliphatic carbocycles. The molecule has 0 aromatic carbocycles. The molecule has 3 rings (SSSR count). The lowest BCUT2D eigenvalue weighted by Gasteiger charge is -2.54. The number of allylic oxidation sites excluding steroid dienone is 1. The van der Waals surface area contributed by atoms with E-state index in [1.807, 2.05) is 6.07 Å². The minimum Gasteiger partial charge on any atom is -0.326 e. The minimum atomic E-state index is -0.0803. The number of pyridine rings is 1. The van der Waals surface area contributed by atoms with E-state index in [1.54, 1.807) is 6.07 Å². The summed E-state index contributed by atoms with van der Waals surface area (Å²) in [6, 6.07) is 3.66. The Morgan fingerprint density at radius 2 is 2.20 bits per heavy atom. The normalized spacial score (nSPS) is 31.7. The molecule has 1 aromatic heterocycles. The van der Waals surface area contributed by atoms with Crippen LogP contribution >= 0.6 is 0 Å². The molecule has 1 heterocycles. The lowest BCUT2D eigenvalue weighted by Crippen LogP contribution is -2.55. The molecule has 106 valence electrons. The predicted octanol–water partition coefficient (Wildman–Crippen LogP) is 2.46. The summed E-state index contributed by atoms with van der Waals surface area (Å²) in [5.74, 6) is 0.814. The summed E-state index contributed by atoms with van der Waals surface area (Å²) in [7, 11) is 4.26. The average molecular weight is 270 g/mol. The molecule has 0 aliphatic heterocycles. The van der Waals surface area contributed by atoms with Crippen LogP contribution in [0.5, 0.6) is 0 Å². The highest BCUT2D eigenvalue weighted by Gasteiger charge is 2.50. The maximum absolute atomic E-state index is 11.6. The van der Waals surface area contributed by atoms with Gasteiger partial charge in [-0.15, -0.1) is 6.58 Å². The van der Waals surface area contributed by atoms with Crippen molar-refractivity contribution in [2.75, 3.05) is 14.1 Å². The molecule has 0 spiro atoms. The molecule has 20 heavy (non-hydrogen) atoms. The van der Waals surface area contributed by atoms with Gasteiger partial charge in [0.1, 0.15) is 0 Å². The second-order valence-corrected chi connectivity index (χ2v) is 6.35. The standard InChI is InChI=1S/C17H22N2O/c1-5-13-12-8-11(2)10-17(13,19(3)4)14-6-7-16(20)18-15(14)9-12/h5-8,12-13H,1,9-10H2,2-4H3,(H,18,20). The number of H-pyrrole nitrogens is 1. The van der Waals surface area contributed by atoms with Crippen molar-refractivity contribution in [1.82, 2.24) is 9.88 Å². The third kappa shape index (κ3) is 1.66. The number of rotatable bonds is 2. The number of aromatic nitrogens is 1. The molecule has 3 unspecified atom stereocenters. The number of aromatic amines is 1. The molecule has 0 fully saturated rings. The van der Waals surface area contributed by atoms with Crippen molar-refractivity contribution < 1.29 is 0 Å². The van der Waals surface area contributed by atoms with Crippen LogP contribution in [0.2, 0.25) is 0 Å². The Kier molecular flexibility index (Phi) is 2.98. The van der Waals surface area contributed by atoms with Crippen molar-refractivity contribution in [3.05, 3.63) is 58.0 Å². The third-order valence-electron chi connectivity index (χ3n) is 5.02. The Morgan fingerprint density at radius 3 is 2.85 bits per heavy atom. The van der Waals surface area contributed by atoms with Crippen LogP contribution in [0.25, 0.3) is 0 Å². The van der Waals surface area contributed by atoms with Gasteiger partial charge in [-0.3, -0.25) is 9.69 Å². The smallest absolute Gasteiger partial charge is 0.248 e. The zero-order valence-electron chi connectivity index (χ0n) is 12.4. The molecule has 1 aromatic rings. The highest BCUT2D eigenvalue weighted by Crippen LogP contribution is 2.52. The number of nitrogens with one attached hydrogen (secondary N) is 1. The van der Waals surface area contributed by atoms with Gasteiger partial charge in [0.05, 0.1) is 5.54 Å². The fourth-order valence-corrected chi connectivity index (χ4v) is 4.27. The van der Waals surface area contributed by atoms with E-state index in [1.165, 1.54) is 11.1 Å². The van der Waals surface area contributed by atoms with Gasteiger partial charge in [-0.1, -0.05) is 17.7 Å². The monoisotopic (exact) mass is 270 g/mol. The molecule has 3 nitrogen and oxygen atoms in total. The quantitative estimate of drug-likeness (QED) is 0.838. The minimum absolute atomic E-state index is 0.00603. The van der Waals surface area contributed by atoms with Gasteiger partial charge in [0.2, 0.25) is 5.56 Å². The molecule has 0 saturated carbocycles. The maximum Gasteiger partial charge on any atom is 0.248 e. The van der Waals surface area contributed by atoms with Crippen molar-refractivity contribution in [2.45, 2.75) is 25.3 Å². The molecule has 0 saturated heterocycles. The summed E-state index contributed by atoms with van der Waals surface area (Å²) in [5, 5.41) is 0. The lowest BCUT2D eigenvalue weighted by molar-refractivity contribution is 0.0538. The van der Waals surface area contributed by atoms with Crippen LogP contribution in [0.1, 0.15) is 24.6 Å². The highest BCUT2D eigenvalue weighted by molar-refractivity contribution is 5.40. The van der Waals surface area contributed by atoms with Gasteiger partial charge in [-0.2, -0.15) is 0 Å². The van der Waals surface area contributed by atoms with Crippen molar-refractivity contribution in [1.29, 1.82) is 0 Å². The van der Waals surface area contributed by atoms with E-state index in [0.29, 0.717) is 11.8 Å². The SMILES string of the molecule is C=CC1C2C=C(C)CC1(N(C)C)c1ccc(=O)[nH]c1C2. The van der Waals surface area contributed by atoms with Gasteiger partial charge in [0, 0.05) is 17.7 Å². The van der Waals surface area contributed by atoms with Crippen LogP contribution in [-0.4, -0.2) is 24.0 Å². The molecule has 2 bridgehead atoms. The van der Waals surface area contributed by atoms with Crippen LogP contribution in [0.3, 0.4) is 0 Å². The fourth-order valence-electron chi connectivity index (χ4n) is 4.27. The molecule has 1 N–H and O–H groups in total. The van der Waals surface area contributed by atoms with Gasteiger partial charge in [-0.05, 0) is 51.4 Å². The Labute approximate surface area is 120 Å². The molecule has 3 atom stereocenters. The van der Waals surface area contributed by atoms with Crippen LogP contribution < -0.4 is 5.56 Å². The van der Waals surface area contributed by atoms with E-state index >= 15 is 0 Å². The maximum atomic E-state index is 11.6. The van der Waals surface area contributed by atoms with Gasteiger partial charge in [0.15, 0.2) is 0 Å². The average Bonchev–Trinajstić information content (AvgIpc) is 2.36. The number of nitrogens with zero attached hydrogens (tertiary/aromatic N) is 1. The lowest BCUT2D eigenvalue weighted by atomic mass is 9.59. The van der Waals surface area contributed by atoms with Gasteiger partial charge in [-0.25, -0.2) is 0 Å². The first kappa shape index (κ1) is 13.4. The first-order chi connectivity index (χ1) is 9.49. The first-order valence-corrected chi connectivity index (χ1v) is 7.19. The van der Waals surface area contributed by atoms with Crippen LogP contribution in [0.4, 0.5) is 0 Å². The van der Waals surface area contributed by atoms with Crippen LogP contribution in [-0.2, 0) is 12.0 Å². The highest BCUT2D eigenvalue weighted by atomic mass is 16.1. The van der Waals surface area contributed by atoms with Crippen LogP contribution in [0, 0.1) is 11.8 Å². The first-order valence-electron chi connectivity index (χ1n) is 7.19. The number of hydrogen-bond acceptors (Lipinski definition) is 2. The predicted molar refractivity (Wildman–Crippen MR) is 81.7 cm³/mol. The zero-order chi connectivity index (χ0) is 14.5. The van der Waals surface area contributed by atoms with Crippen molar-refractivity contribution in [3.63, 3.8) is 0 Å². The van der Waals surface area contributed by atoms with Gasteiger partial charge < -0.3 is 4.98 Å². The molecule has 0 amide bonds. The Morgan fingerprint density at radius 1 is 1.45 bits per heavy atom. The molecular weight excluding hydrogens is 248 g/mol. The molecule has 2 aliphatic rings. The van der Waals surface area contributed by atoms with E-state index < -0.39 is 0 Å². The number of hydrogen-bond donors (Lipinski definition) is 1. The van der Waals surface area contributed by atoms with Crippen molar-refractivity contribution >= 4 is 0 Å². The third-order valence-corrected chi connectivity index (χ3v) is 5.02. The van der Waals surface area contributed by atoms with E-state index in [4.69, 9.17) is 0 Å². The molecule has 0 radical (unpaired) electrons. The second-order valence-electron chi connectivity index (χ2n) is 6.35. The summed E-state index contributed by atoms with van der Waals surface area (Å²) >= 11 is 0. The van der Waals surface area contributed by atoms with Crippen LogP contribution in [0.15, 0.2) is 41.2 Å². The van der Waals surface area contributed by atoms with E-state index in [0.717, 1.165) is 18.5 Å². The summed E-state index contributed by atoms with van der Waals surface area (Å²) < 4.78 is 0. The van der Waals surface area contributed by atoms with Gasteiger partial charge >= 0.3 is 0 Å². The summed E-state index contributed by atoms with van der Waals surface area (Å²) in [6.45, 7) is 6.29. The van der Waals surface area contributed by atoms with Gasteiger partial charge in [0.25, 0.3) is 0 Å². The number of fused-ring (bicyclic) bond motifs is 4. The summed E-state index contributed by atoms with van der Waals surface area (Å²) in [4.78, 5) is 17.0. The largest absolute Gasteiger partial charge is 0.326 e. The summed E-state index contributed by atoms with van der Waals surface area (Å²) in [5.41, 5.74) is 3.70. The molecule has 3 heteroatoms. The fraction of sp³-hybridized carbons (Fsp3) is 0.471. The van der Waals surface area contributed by atoms with E-state index in [9.17, 15) is 4.79 Å². The Bertz CT molecular complexity index is 641. The Hall–Kier alpha value is -1.61. The topological polar surface area (TPSA) is 36.1 Å². The second kappa shape index (κ2) is 4.45.